The lowest BCUT2D eigenvalue weighted by molar-refractivity contribution is -0.162. The van der Waals surface area contributed by atoms with Gasteiger partial charge < -0.3 is 24.6 Å². The molecule has 10 heteroatoms. The van der Waals surface area contributed by atoms with Crippen LogP contribution in [0.1, 0.15) is 94.4 Å². The van der Waals surface area contributed by atoms with E-state index in [9.17, 15) is 24.0 Å². The Hall–Kier alpha value is -2.65. The van der Waals surface area contributed by atoms with Crippen LogP contribution in [0, 0.1) is 5.92 Å². The van der Waals surface area contributed by atoms with Crippen molar-refractivity contribution in [2.75, 3.05) is 0 Å². The number of hydrogen-bond acceptors (Lipinski definition) is 8. The second-order valence-corrected chi connectivity index (χ2v) is 11.2. The molecule has 0 saturated carbocycles. The number of ether oxygens (including phenoxy) is 3. The smallest absolute Gasteiger partial charge is 0.408 e. The summed E-state index contributed by atoms with van der Waals surface area (Å²) in [6.45, 7) is 15.1. The number of esters is 2. The molecule has 0 fully saturated rings. The number of carboxylic acids is 1. The third-order valence-corrected chi connectivity index (χ3v) is 4.03. The summed E-state index contributed by atoms with van der Waals surface area (Å²) in [6, 6.07) is -1.18. The largest absolute Gasteiger partial charge is 0.481 e. The number of aliphatic carboxylic acids is 1. The molecule has 0 spiro atoms. The van der Waals surface area contributed by atoms with Crippen molar-refractivity contribution < 1.29 is 43.3 Å². The standard InChI is InChI=1S/C24H41NO9/c1-22(2,3)32-19(29)13-10-15(20(30)33-23(4,5)6)14-17(26)16(11-12-18(27)28)25-21(31)34-24(7,8)9/h15-16H,10-14H2,1-9H3,(H,25,31)(H,27,28)/t15-,16+/m0/s1. The van der Waals surface area contributed by atoms with Crippen LogP contribution in [0.4, 0.5) is 4.79 Å². The summed E-state index contributed by atoms with van der Waals surface area (Å²) in [4.78, 5) is 61.2. The molecule has 34 heavy (non-hydrogen) atoms. The Kier molecular flexibility index (Phi) is 11.7. The SMILES string of the molecule is CC(C)(C)OC(=O)CC[C@@H](CC(=O)[C@@H](CCC(=O)O)NC(=O)OC(C)(C)C)C(=O)OC(C)(C)C. The zero-order chi connectivity index (χ0) is 26.9. The number of Topliss-reactive ketones (excluding diaryl/α,β-unsaturated/α-hetero) is 1. The number of carbonyl (C=O) groups excluding carboxylic acids is 4. The summed E-state index contributed by atoms with van der Waals surface area (Å²) >= 11 is 0. The van der Waals surface area contributed by atoms with E-state index in [0.717, 1.165) is 0 Å². The van der Waals surface area contributed by atoms with Crippen molar-refractivity contribution in [2.45, 2.75) is 117 Å². The van der Waals surface area contributed by atoms with Crippen LogP contribution in [0.25, 0.3) is 0 Å². The van der Waals surface area contributed by atoms with Gasteiger partial charge in [0.15, 0.2) is 5.78 Å². The summed E-state index contributed by atoms with van der Waals surface area (Å²) in [5.74, 6) is -3.88. The first-order valence-electron chi connectivity index (χ1n) is 11.4. The molecule has 0 aromatic carbocycles. The van der Waals surface area contributed by atoms with E-state index >= 15 is 0 Å². The minimum atomic E-state index is -1.18. The highest BCUT2D eigenvalue weighted by atomic mass is 16.6. The maximum atomic E-state index is 13.0. The number of amides is 1. The summed E-state index contributed by atoms with van der Waals surface area (Å²) in [6.07, 6.45) is -1.90. The van der Waals surface area contributed by atoms with Gasteiger partial charge in [0.25, 0.3) is 0 Å². The van der Waals surface area contributed by atoms with Gasteiger partial charge in [0.05, 0.1) is 12.0 Å². The van der Waals surface area contributed by atoms with E-state index in [0.29, 0.717) is 0 Å². The van der Waals surface area contributed by atoms with Crippen molar-refractivity contribution >= 4 is 29.8 Å². The van der Waals surface area contributed by atoms with Crippen molar-refractivity contribution in [3.05, 3.63) is 0 Å². The monoisotopic (exact) mass is 487 g/mol. The van der Waals surface area contributed by atoms with E-state index in [1.165, 1.54) is 0 Å². The molecule has 0 heterocycles. The van der Waals surface area contributed by atoms with E-state index in [1.54, 1.807) is 62.3 Å². The second-order valence-electron chi connectivity index (χ2n) is 11.2. The van der Waals surface area contributed by atoms with Crippen LogP contribution < -0.4 is 5.32 Å². The lowest BCUT2D eigenvalue weighted by atomic mass is 9.92. The highest BCUT2D eigenvalue weighted by Gasteiger charge is 2.32. The van der Waals surface area contributed by atoms with E-state index < -0.39 is 58.5 Å². The summed E-state index contributed by atoms with van der Waals surface area (Å²) < 4.78 is 15.8. The molecular formula is C24H41NO9. The highest BCUT2D eigenvalue weighted by Crippen LogP contribution is 2.22. The molecule has 10 nitrogen and oxygen atoms in total. The molecular weight excluding hydrogens is 446 g/mol. The third kappa shape index (κ3) is 16.0. The quantitative estimate of drug-likeness (QED) is 0.328. The molecule has 0 bridgehead atoms. The summed E-state index contributed by atoms with van der Waals surface area (Å²) in [5.41, 5.74) is -2.34. The van der Waals surface area contributed by atoms with Crippen LogP contribution in [0.5, 0.6) is 0 Å². The van der Waals surface area contributed by atoms with Crippen LogP contribution in [-0.4, -0.2) is 57.7 Å². The van der Waals surface area contributed by atoms with E-state index in [1.807, 2.05) is 0 Å². The van der Waals surface area contributed by atoms with Gasteiger partial charge in [-0.15, -0.1) is 0 Å². The lowest BCUT2D eigenvalue weighted by Crippen LogP contribution is -2.44. The molecule has 0 aromatic rings. The van der Waals surface area contributed by atoms with Crippen molar-refractivity contribution in [3.8, 4) is 0 Å². The Morgan fingerprint density at radius 3 is 1.68 bits per heavy atom. The van der Waals surface area contributed by atoms with Crippen molar-refractivity contribution in [1.29, 1.82) is 0 Å². The van der Waals surface area contributed by atoms with Crippen LogP contribution in [0.15, 0.2) is 0 Å². The first-order valence-corrected chi connectivity index (χ1v) is 11.4. The number of carboxylic acid groups (broad SMARTS) is 1. The molecule has 1 amide bonds. The number of nitrogens with one attached hydrogen (secondary N) is 1. The predicted octanol–water partition coefficient (Wildman–Crippen LogP) is 3.78. The first kappa shape index (κ1) is 31.4. The molecule has 0 rings (SSSR count). The molecule has 2 atom stereocenters. The third-order valence-electron chi connectivity index (χ3n) is 4.03. The highest BCUT2D eigenvalue weighted by molar-refractivity contribution is 5.91. The average Bonchev–Trinajstić information content (AvgIpc) is 2.56. The molecule has 0 radical (unpaired) electrons. The molecule has 0 aromatic heterocycles. The zero-order valence-electron chi connectivity index (χ0n) is 21.9. The maximum Gasteiger partial charge on any atom is 0.408 e. The second kappa shape index (κ2) is 12.7. The normalized spacial score (nSPS) is 13.9. The van der Waals surface area contributed by atoms with E-state index in [4.69, 9.17) is 19.3 Å². The van der Waals surface area contributed by atoms with Crippen LogP contribution in [0.3, 0.4) is 0 Å². The van der Waals surface area contributed by atoms with Gasteiger partial charge in [0.1, 0.15) is 16.8 Å². The van der Waals surface area contributed by atoms with Crippen LogP contribution in [-0.2, 0) is 33.4 Å². The van der Waals surface area contributed by atoms with Gasteiger partial charge in [0, 0.05) is 19.3 Å². The molecule has 0 aliphatic rings. The van der Waals surface area contributed by atoms with Gasteiger partial charge >= 0.3 is 24.0 Å². The number of alkyl carbamates (subject to hydrolysis) is 1. The first-order chi connectivity index (χ1) is 15.2. The molecule has 0 aliphatic heterocycles. The van der Waals surface area contributed by atoms with Gasteiger partial charge in [-0.2, -0.15) is 0 Å². The average molecular weight is 488 g/mol. The summed E-state index contributed by atoms with van der Waals surface area (Å²) in [7, 11) is 0. The fraction of sp³-hybridized carbons (Fsp3) is 0.792. The zero-order valence-corrected chi connectivity index (χ0v) is 21.9. The van der Waals surface area contributed by atoms with Crippen LogP contribution >= 0.6 is 0 Å². The van der Waals surface area contributed by atoms with Crippen LogP contribution in [0.2, 0.25) is 0 Å². The van der Waals surface area contributed by atoms with E-state index in [2.05, 4.69) is 5.32 Å². The van der Waals surface area contributed by atoms with Gasteiger partial charge in [-0.05, 0) is 75.2 Å². The van der Waals surface area contributed by atoms with Crippen molar-refractivity contribution in [3.63, 3.8) is 0 Å². The predicted molar refractivity (Wildman–Crippen MR) is 124 cm³/mol. The number of rotatable bonds is 11. The fourth-order valence-corrected chi connectivity index (χ4v) is 2.79. The molecule has 0 saturated heterocycles. The van der Waals surface area contributed by atoms with Gasteiger partial charge in [0.2, 0.25) is 0 Å². The Labute approximate surface area is 202 Å². The number of carbonyl (C=O) groups is 5. The Bertz CT molecular complexity index is 739. The molecule has 0 aliphatic carbocycles. The van der Waals surface area contributed by atoms with Crippen molar-refractivity contribution in [2.24, 2.45) is 5.92 Å². The Morgan fingerprint density at radius 1 is 0.735 bits per heavy atom. The molecule has 2 N–H and O–H groups in total. The Morgan fingerprint density at radius 2 is 1.24 bits per heavy atom. The van der Waals surface area contributed by atoms with Crippen molar-refractivity contribution in [1.82, 2.24) is 5.32 Å². The van der Waals surface area contributed by atoms with Gasteiger partial charge in [-0.3, -0.25) is 19.2 Å². The fourth-order valence-electron chi connectivity index (χ4n) is 2.79. The van der Waals surface area contributed by atoms with Gasteiger partial charge in [-0.25, -0.2) is 4.79 Å². The van der Waals surface area contributed by atoms with Gasteiger partial charge in [-0.1, -0.05) is 0 Å². The summed E-state index contributed by atoms with van der Waals surface area (Å²) in [5, 5.41) is 11.4. The topological polar surface area (TPSA) is 145 Å². The molecule has 196 valence electrons. The Balaban J connectivity index is 5.55. The minimum Gasteiger partial charge on any atom is -0.481 e. The van der Waals surface area contributed by atoms with E-state index in [-0.39, 0.29) is 32.1 Å². The number of hydrogen-bond donors (Lipinski definition) is 2. The number of ketones is 1. The molecule has 0 unspecified atom stereocenters. The minimum absolute atomic E-state index is 0.00629. The maximum absolute atomic E-state index is 13.0. The lowest BCUT2D eigenvalue weighted by Gasteiger charge is -2.26.